The van der Waals surface area contributed by atoms with Gasteiger partial charge in [0.05, 0.1) is 44.5 Å². The summed E-state index contributed by atoms with van der Waals surface area (Å²) in [6.45, 7) is 10.4. The van der Waals surface area contributed by atoms with Gasteiger partial charge in [0.15, 0.2) is 11.5 Å². The van der Waals surface area contributed by atoms with Gasteiger partial charge in [-0.1, -0.05) is 52.0 Å². The number of hydrogen-bond donors (Lipinski definition) is 5. The number of nitrogens with two attached hydrogens (primary N) is 1. The van der Waals surface area contributed by atoms with Crippen LogP contribution in [-0.2, 0) is 51.9 Å². The number of ketones is 1. The first-order valence-electron chi connectivity index (χ1n) is 25.5. The zero-order chi connectivity index (χ0) is 54.4. The van der Waals surface area contributed by atoms with Crippen molar-refractivity contribution in [2.24, 2.45) is 22.4 Å². The highest BCUT2D eigenvalue weighted by Gasteiger charge is 2.60. The summed E-state index contributed by atoms with van der Waals surface area (Å²) in [6, 6.07) is 16.8. The molecule has 8 atom stereocenters. The Kier molecular flexibility index (Phi) is 18.6. The summed E-state index contributed by atoms with van der Waals surface area (Å²) in [6.07, 6.45) is 1.94. The fourth-order valence-corrected chi connectivity index (χ4v) is 12.4. The van der Waals surface area contributed by atoms with Gasteiger partial charge in [0.2, 0.25) is 11.7 Å². The summed E-state index contributed by atoms with van der Waals surface area (Å²) >= 11 is 1.38. The van der Waals surface area contributed by atoms with E-state index in [0.717, 1.165) is 5.56 Å². The van der Waals surface area contributed by atoms with Crippen molar-refractivity contribution in [2.75, 3.05) is 52.3 Å². The molecule has 2 amide bonds. The Bertz CT molecular complexity index is 2740. The van der Waals surface area contributed by atoms with Crippen LogP contribution in [0.15, 0.2) is 71.3 Å². The van der Waals surface area contributed by atoms with Gasteiger partial charge in [-0.25, -0.2) is 24.4 Å². The van der Waals surface area contributed by atoms with E-state index in [4.69, 9.17) is 29.1 Å². The molecule has 0 spiro atoms. The number of nitrogens with zero attached hydrogens (tertiary/aromatic N) is 4. The second-order valence-corrected chi connectivity index (χ2v) is 23.0. The zero-order valence-corrected chi connectivity index (χ0v) is 45.3. The number of amides is 2. The van der Waals surface area contributed by atoms with Crippen LogP contribution in [0, 0.1) is 17.3 Å². The van der Waals surface area contributed by atoms with Crippen molar-refractivity contribution in [3.05, 3.63) is 88.1 Å². The van der Waals surface area contributed by atoms with Crippen molar-refractivity contribution in [1.82, 2.24) is 24.4 Å². The van der Waals surface area contributed by atoms with E-state index < -0.39 is 75.4 Å². The minimum atomic E-state index is -4.01. The number of carboxylic acid groups (broad SMARTS) is 1. The Morgan fingerprint density at radius 2 is 1.77 bits per heavy atom. The highest BCUT2D eigenvalue weighted by Crippen LogP contribution is 2.52. The Hall–Kier alpha value is -5.78. The third-order valence-corrected chi connectivity index (χ3v) is 16.9. The number of aliphatic carboxylic acids is 1. The average molecular weight is 1080 g/mol. The Labute approximate surface area is 443 Å². The van der Waals surface area contributed by atoms with E-state index >= 15 is 0 Å². The van der Waals surface area contributed by atoms with Gasteiger partial charge in [-0.15, -0.1) is 11.8 Å². The number of rotatable bonds is 25. The number of aromatic nitrogens is 1. The number of aryl methyl sites for hydroxylation is 1. The van der Waals surface area contributed by atoms with Crippen molar-refractivity contribution in [3.63, 3.8) is 0 Å². The lowest BCUT2D eigenvalue weighted by atomic mass is 9.79. The van der Waals surface area contributed by atoms with E-state index in [2.05, 4.69) is 14.9 Å². The number of anilines is 1. The number of carbonyl (C=O) groups is 5. The standard InChI is InChI=1S/C53H71N7O13S2/c1-8-53(4,5)48(62)50(64)59-23-10-9-16-39(59)52(67)73-40(20-18-33-19-21-41(70-6)42(25-33)71-7)34-13-11-15-37(26-34)72-24-22-55-43-17-12-14-35(57-43)29-58-30-38(27-36(58)28-56-75(54,68)69)74-47-31(2)45-44(32(3)61)49(63)60(45)46(47)51(65)66/h11-15,17,19,21,25-26,31-32,36,38-40,44-45,56,61H,8-10,16,18,20,22-24,27-30H2,1-7H3,(H,55,57)(H,65,66)(H2,54,68,69)/t31-,32-,36+,38+,39+,40-,44-,45-/m1/s1. The fourth-order valence-electron chi connectivity index (χ4n) is 10.4. The molecule has 4 aliphatic rings. The number of fused-ring (bicyclic) bond motifs is 1. The molecule has 3 aromatic rings. The van der Waals surface area contributed by atoms with Crippen LogP contribution in [0.2, 0.25) is 0 Å². The molecule has 0 unspecified atom stereocenters. The molecular weight excluding hydrogens is 1010 g/mol. The van der Waals surface area contributed by atoms with Gasteiger partial charge in [0.25, 0.3) is 16.1 Å². The topological polar surface area (TPSA) is 270 Å². The van der Waals surface area contributed by atoms with E-state index in [-0.39, 0.29) is 42.6 Å². The van der Waals surface area contributed by atoms with Gasteiger partial charge in [-0.3, -0.25) is 19.3 Å². The maximum atomic E-state index is 14.2. The molecule has 3 saturated heterocycles. The number of thioether (sulfide) groups is 1. The van der Waals surface area contributed by atoms with Gasteiger partial charge >= 0.3 is 11.9 Å². The first kappa shape index (κ1) is 56.9. The van der Waals surface area contributed by atoms with Crippen LogP contribution in [0.4, 0.5) is 5.82 Å². The van der Waals surface area contributed by atoms with E-state index in [1.165, 1.54) is 28.5 Å². The number of esters is 1. The minimum Gasteiger partial charge on any atom is -0.493 e. The highest BCUT2D eigenvalue weighted by molar-refractivity contribution is 8.03. The first-order chi connectivity index (χ1) is 35.6. The molecule has 0 radical (unpaired) electrons. The van der Waals surface area contributed by atoms with E-state index in [0.29, 0.717) is 104 Å². The summed E-state index contributed by atoms with van der Waals surface area (Å²) in [7, 11) is -0.884. The zero-order valence-electron chi connectivity index (χ0n) is 43.7. The number of carbonyl (C=O) groups excluding carboxylic acids is 4. The number of piperidine rings is 1. The van der Waals surface area contributed by atoms with Crippen LogP contribution >= 0.6 is 11.8 Å². The lowest BCUT2D eigenvalue weighted by Crippen LogP contribution is -2.63. The van der Waals surface area contributed by atoms with Crippen molar-refractivity contribution < 1.29 is 61.6 Å². The fraction of sp³-hybridized carbons (Fsp3) is 0.547. The summed E-state index contributed by atoms with van der Waals surface area (Å²) in [5, 5.41) is 29.0. The molecule has 6 N–H and O–H groups in total. The Morgan fingerprint density at radius 1 is 1.03 bits per heavy atom. The maximum Gasteiger partial charge on any atom is 0.353 e. The van der Waals surface area contributed by atoms with Crippen molar-refractivity contribution >= 4 is 57.3 Å². The van der Waals surface area contributed by atoms with Crippen LogP contribution in [0.3, 0.4) is 0 Å². The van der Waals surface area contributed by atoms with Crippen LogP contribution < -0.4 is 29.4 Å². The van der Waals surface area contributed by atoms with Crippen LogP contribution in [0.5, 0.6) is 17.2 Å². The molecule has 75 heavy (non-hydrogen) atoms. The molecule has 408 valence electrons. The number of nitrogens with one attached hydrogen (secondary N) is 2. The molecule has 4 aliphatic heterocycles. The van der Waals surface area contributed by atoms with Gasteiger partial charge in [-0.2, -0.15) is 8.42 Å². The molecule has 2 aromatic carbocycles. The number of pyridine rings is 1. The monoisotopic (exact) mass is 1080 g/mol. The number of β-lactam (4-membered cyclic amide) rings is 1. The summed E-state index contributed by atoms with van der Waals surface area (Å²) < 4.78 is 49.9. The third kappa shape index (κ3) is 13.4. The predicted octanol–water partition coefficient (Wildman–Crippen LogP) is 4.82. The Morgan fingerprint density at radius 3 is 2.47 bits per heavy atom. The highest BCUT2D eigenvalue weighted by atomic mass is 32.2. The van der Waals surface area contributed by atoms with Crippen molar-refractivity contribution in [3.8, 4) is 17.2 Å². The lowest BCUT2D eigenvalue weighted by molar-refractivity contribution is -0.164. The summed E-state index contributed by atoms with van der Waals surface area (Å²) in [5.74, 6) is -2.14. The predicted molar refractivity (Wildman–Crippen MR) is 281 cm³/mol. The molecule has 20 nitrogen and oxygen atoms in total. The number of carboxylic acids is 1. The minimum absolute atomic E-state index is 0.0191. The Balaban J connectivity index is 1.00. The number of ether oxygens (including phenoxy) is 4. The van der Waals surface area contributed by atoms with Gasteiger partial charge in [0, 0.05) is 53.7 Å². The van der Waals surface area contributed by atoms with Crippen molar-refractivity contribution in [1.29, 1.82) is 0 Å². The summed E-state index contributed by atoms with van der Waals surface area (Å²) in [5.41, 5.74) is 1.37. The number of aliphatic hydroxyl groups is 1. The van der Waals surface area contributed by atoms with Crippen LogP contribution in [0.25, 0.3) is 0 Å². The molecular formula is C53H71N7O13S2. The summed E-state index contributed by atoms with van der Waals surface area (Å²) in [4.78, 5) is 76.7. The van der Waals surface area contributed by atoms with E-state index in [9.17, 15) is 42.6 Å². The normalized spacial score (nSPS) is 22.8. The average Bonchev–Trinajstić information content (AvgIpc) is 3.89. The smallest absolute Gasteiger partial charge is 0.353 e. The number of likely N-dealkylation sites (tertiary alicyclic amines) is 2. The molecule has 0 aliphatic carbocycles. The second-order valence-electron chi connectivity index (χ2n) is 20.3. The molecule has 7 rings (SSSR count). The first-order valence-corrected chi connectivity index (χ1v) is 27.9. The molecule has 0 bridgehead atoms. The quantitative estimate of drug-likeness (QED) is 0.0330. The van der Waals surface area contributed by atoms with Gasteiger partial charge < -0.3 is 44.3 Å². The van der Waals surface area contributed by atoms with Crippen LogP contribution in [-0.4, -0.2) is 144 Å². The SMILES string of the molecule is CCC(C)(C)C(=O)C(=O)N1CCCC[C@H]1C(=O)O[C@H](CCc1ccc(OC)c(OC)c1)c1cccc(OCCNc2cccc(CN3C[C@@H](SC4=C(C(=O)O)N5C(=O)[C@H]([C@@H](C)O)[C@H]5[C@H]4C)C[C@H]3CNS(N)(=O)=O)n2)c1. The number of hydrogen-bond acceptors (Lipinski definition) is 16. The van der Waals surface area contributed by atoms with E-state index in [1.807, 2.05) is 68.4 Å². The van der Waals surface area contributed by atoms with Crippen molar-refractivity contribution in [2.45, 2.75) is 122 Å². The van der Waals surface area contributed by atoms with E-state index in [1.54, 1.807) is 34.1 Å². The lowest BCUT2D eigenvalue weighted by Gasteiger charge is -2.46. The molecule has 3 fully saturated rings. The maximum absolute atomic E-state index is 14.2. The van der Waals surface area contributed by atoms with Gasteiger partial charge in [-0.05, 0) is 99.4 Å². The molecule has 22 heteroatoms. The van der Waals surface area contributed by atoms with Gasteiger partial charge in [0.1, 0.15) is 36.0 Å². The molecule has 5 heterocycles. The largest absolute Gasteiger partial charge is 0.493 e. The molecule has 1 aromatic heterocycles. The van der Waals surface area contributed by atoms with Crippen LogP contribution in [0.1, 0.15) is 96.1 Å². The molecule has 0 saturated carbocycles. The number of benzene rings is 2. The second kappa shape index (κ2) is 24.5. The third-order valence-electron chi connectivity index (χ3n) is 14.8. The number of methoxy groups -OCH3 is 2. The number of aliphatic hydroxyl groups excluding tert-OH is 1. The number of Topliss-reactive ketones (excluding diaryl/α,β-unsaturated/α-hetero) is 1.